The molecule has 0 aliphatic heterocycles. The molecule has 1 aromatic heterocycles. The molecule has 2 N–H and O–H groups in total. The van der Waals surface area contributed by atoms with E-state index in [9.17, 15) is 13.6 Å². The molecule has 3 rings (SSSR count). The van der Waals surface area contributed by atoms with E-state index in [1.165, 1.54) is 28.1 Å². The van der Waals surface area contributed by atoms with Gasteiger partial charge >= 0.3 is 0 Å². The number of amides is 1. The van der Waals surface area contributed by atoms with Crippen LogP contribution in [0.5, 0.6) is 11.5 Å². The maximum Gasteiger partial charge on any atom is 0.251 e. The van der Waals surface area contributed by atoms with Crippen molar-refractivity contribution in [2.75, 3.05) is 20.8 Å². The molecule has 8 heteroatoms. The number of hydrogen-bond acceptors (Lipinski definition) is 3. The number of aryl methyl sites for hydroxylation is 1. The van der Waals surface area contributed by atoms with Crippen LogP contribution in [0.2, 0.25) is 0 Å². The summed E-state index contributed by atoms with van der Waals surface area (Å²) in [5.74, 6) is -0.238. The van der Waals surface area contributed by atoms with Gasteiger partial charge in [-0.15, -0.1) is 0 Å². The Morgan fingerprint density at radius 3 is 2.57 bits per heavy atom. The minimum absolute atomic E-state index is 0.154. The lowest BCUT2D eigenvalue weighted by Gasteiger charge is -2.10. The highest BCUT2D eigenvalue weighted by atomic mass is 19.1. The molecule has 1 heterocycles. The van der Waals surface area contributed by atoms with E-state index < -0.39 is 11.6 Å². The Labute approximate surface area is 162 Å². The Hall–Kier alpha value is -3.03. The quantitative estimate of drug-likeness (QED) is 0.638. The molecule has 0 fully saturated rings. The van der Waals surface area contributed by atoms with Crippen LogP contribution in [0, 0.1) is 18.6 Å². The van der Waals surface area contributed by atoms with Crippen LogP contribution in [-0.4, -0.2) is 39.5 Å². The topological polar surface area (TPSA) is 63.4 Å². The summed E-state index contributed by atoms with van der Waals surface area (Å²) in [6, 6.07) is 6.05. The van der Waals surface area contributed by atoms with E-state index in [0.29, 0.717) is 34.7 Å². The van der Waals surface area contributed by atoms with Crippen molar-refractivity contribution in [1.82, 2.24) is 10.3 Å². The van der Waals surface area contributed by atoms with E-state index in [0.717, 1.165) is 0 Å². The normalized spacial score (nSPS) is 10.9. The van der Waals surface area contributed by atoms with Crippen LogP contribution in [0.1, 0.15) is 21.6 Å². The second kappa shape index (κ2) is 7.92. The summed E-state index contributed by atoms with van der Waals surface area (Å²) >= 11 is 0. The third-order valence-corrected chi connectivity index (χ3v) is 4.77. The number of nitrogens with one attached hydrogen (secondary N) is 2. The third-order valence-electron chi connectivity index (χ3n) is 4.77. The standard InChI is InChI=1S/C20H21BF2N2O3/c1-10-12(17-18(23)13(21)9-14(22)19(17)25-10)6-7-24-20(26)11-4-5-15(27-2)16(8-11)28-3/h4-5,8-9,25H,6-7,21H2,1-3H3,(H,24,26). The van der Waals surface area contributed by atoms with Gasteiger partial charge in [0.25, 0.3) is 5.91 Å². The van der Waals surface area contributed by atoms with Crippen molar-refractivity contribution in [1.29, 1.82) is 0 Å². The van der Waals surface area contributed by atoms with Gasteiger partial charge in [0.1, 0.15) is 19.5 Å². The van der Waals surface area contributed by atoms with Crippen molar-refractivity contribution in [3.8, 4) is 11.5 Å². The van der Waals surface area contributed by atoms with Gasteiger partial charge in [-0.2, -0.15) is 0 Å². The molecular weight excluding hydrogens is 365 g/mol. The summed E-state index contributed by atoms with van der Waals surface area (Å²) < 4.78 is 39.1. The van der Waals surface area contributed by atoms with Gasteiger partial charge in [0, 0.05) is 23.2 Å². The molecule has 3 aromatic rings. The van der Waals surface area contributed by atoms with Crippen molar-refractivity contribution < 1.29 is 23.0 Å². The molecule has 0 saturated carbocycles. The Morgan fingerprint density at radius 2 is 1.89 bits per heavy atom. The number of aromatic nitrogens is 1. The van der Waals surface area contributed by atoms with Crippen molar-refractivity contribution in [3.05, 3.63) is 52.7 Å². The fourth-order valence-corrected chi connectivity index (χ4v) is 3.30. The minimum atomic E-state index is -0.488. The lowest BCUT2D eigenvalue weighted by atomic mass is 9.92. The molecule has 28 heavy (non-hydrogen) atoms. The predicted molar refractivity (Wildman–Crippen MR) is 107 cm³/mol. The fourth-order valence-electron chi connectivity index (χ4n) is 3.30. The minimum Gasteiger partial charge on any atom is -0.493 e. The fraction of sp³-hybridized carbons (Fsp3) is 0.250. The summed E-state index contributed by atoms with van der Waals surface area (Å²) in [4.78, 5) is 15.3. The maximum atomic E-state index is 14.6. The largest absolute Gasteiger partial charge is 0.493 e. The van der Waals surface area contributed by atoms with Gasteiger partial charge in [-0.25, -0.2) is 8.78 Å². The van der Waals surface area contributed by atoms with Crippen LogP contribution in [0.4, 0.5) is 8.78 Å². The van der Waals surface area contributed by atoms with Crippen molar-refractivity contribution >= 4 is 30.1 Å². The summed E-state index contributed by atoms with van der Waals surface area (Å²) in [6.07, 6.45) is 0.366. The number of methoxy groups -OCH3 is 2. The van der Waals surface area contributed by atoms with Crippen LogP contribution < -0.4 is 20.3 Å². The lowest BCUT2D eigenvalue weighted by molar-refractivity contribution is 0.0953. The Balaban J connectivity index is 1.77. The average Bonchev–Trinajstić information content (AvgIpc) is 3.02. The molecule has 0 spiro atoms. The molecule has 0 aliphatic rings. The van der Waals surface area contributed by atoms with Gasteiger partial charge in [-0.05, 0) is 43.2 Å². The monoisotopic (exact) mass is 386 g/mol. The van der Waals surface area contributed by atoms with E-state index >= 15 is 0 Å². The van der Waals surface area contributed by atoms with Crippen molar-refractivity contribution in [3.63, 3.8) is 0 Å². The van der Waals surface area contributed by atoms with Crippen LogP contribution in [0.15, 0.2) is 24.3 Å². The second-order valence-electron chi connectivity index (χ2n) is 6.54. The lowest BCUT2D eigenvalue weighted by Crippen LogP contribution is -2.26. The van der Waals surface area contributed by atoms with Crippen LogP contribution >= 0.6 is 0 Å². The van der Waals surface area contributed by atoms with Gasteiger partial charge in [0.05, 0.1) is 19.7 Å². The molecule has 0 bridgehead atoms. The van der Waals surface area contributed by atoms with E-state index in [4.69, 9.17) is 9.47 Å². The second-order valence-corrected chi connectivity index (χ2v) is 6.54. The van der Waals surface area contributed by atoms with Crippen LogP contribution in [-0.2, 0) is 6.42 Å². The van der Waals surface area contributed by atoms with Crippen LogP contribution in [0.3, 0.4) is 0 Å². The third kappa shape index (κ3) is 3.54. The molecular formula is C20H21BF2N2O3. The molecule has 2 aromatic carbocycles. The molecule has 0 atom stereocenters. The molecule has 0 aliphatic carbocycles. The number of hydrogen-bond donors (Lipinski definition) is 2. The Kier molecular flexibility index (Phi) is 5.58. The van der Waals surface area contributed by atoms with Crippen molar-refractivity contribution in [2.45, 2.75) is 13.3 Å². The first-order valence-electron chi connectivity index (χ1n) is 8.83. The van der Waals surface area contributed by atoms with E-state index in [1.54, 1.807) is 25.1 Å². The Bertz CT molecular complexity index is 1050. The van der Waals surface area contributed by atoms with Gasteiger partial charge < -0.3 is 19.8 Å². The summed E-state index contributed by atoms with van der Waals surface area (Å²) in [6.45, 7) is 2.04. The number of H-pyrrole nitrogens is 1. The number of aromatic amines is 1. The van der Waals surface area contributed by atoms with E-state index in [1.807, 2.05) is 0 Å². The highest BCUT2D eigenvalue weighted by Crippen LogP contribution is 2.28. The predicted octanol–water partition coefficient (Wildman–Crippen LogP) is 2.00. The van der Waals surface area contributed by atoms with Crippen molar-refractivity contribution in [2.24, 2.45) is 0 Å². The number of benzene rings is 2. The molecule has 0 radical (unpaired) electrons. The Morgan fingerprint density at radius 1 is 1.18 bits per heavy atom. The number of ether oxygens (including phenoxy) is 2. The molecule has 1 amide bonds. The maximum absolute atomic E-state index is 14.6. The first kappa shape index (κ1) is 19.7. The first-order chi connectivity index (χ1) is 13.4. The summed E-state index contributed by atoms with van der Waals surface area (Å²) in [7, 11) is 4.54. The highest BCUT2D eigenvalue weighted by molar-refractivity contribution is 6.33. The number of halogens is 2. The zero-order valence-electron chi connectivity index (χ0n) is 16.2. The smallest absolute Gasteiger partial charge is 0.251 e. The van der Waals surface area contributed by atoms with E-state index in [-0.39, 0.29) is 28.8 Å². The number of carbonyl (C=O) groups is 1. The van der Waals surface area contributed by atoms with E-state index in [2.05, 4.69) is 10.3 Å². The van der Waals surface area contributed by atoms with Gasteiger partial charge in [-0.3, -0.25) is 4.79 Å². The van der Waals surface area contributed by atoms with Gasteiger partial charge in [-0.1, -0.05) is 5.46 Å². The number of carbonyl (C=O) groups excluding carboxylic acids is 1. The summed E-state index contributed by atoms with van der Waals surface area (Å²) in [5.41, 5.74) is 2.16. The zero-order valence-corrected chi connectivity index (χ0v) is 16.2. The zero-order chi connectivity index (χ0) is 20.4. The first-order valence-corrected chi connectivity index (χ1v) is 8.83. The SMILES string of the molecule is Bc1cc(F)c2[nH]c(C)c(CCNC(=O)c3ccc(OC)c(OC)c3)c2c1F. The van der Waals surface area contributed by atoms with Gasteiger partial charge in [0.2, 0.25) is 0 Å². The number of rotatable bonds is 6. The van der Waals surface area contributed by atoms with Gasteiger partial charge in [0.15, 0.2) is 11.5 Å². The molecule has 146 valence electrons. The number of fused-ring (bicyclic) bond motifs is 1. The molecule has 5 nitrogen and oxygen atoms in total. The summed E-state index contributed by atoms with van der Waals surface area (Å²) in [5, 5.41) is 3.05. The average molecular weight is 386 g/mol. The molecule has 0 saturated heterocycles. The van der Waals surface area contributed by atoms with Crippen LogP contribution in [0.25, 0.3) is 10.9 Å². The highest BCUT2D eigenvalue weighted by Gasteiger charge is 2.18. The molecule has 0 unspecified atom stereocenters.